The molecule has 0 spiro atoms. The molecule has 0 N–H and O–H groups in total. The molecule has 2 fully saturated rings. The summed E-state index contributed by atoms with van der Waals surface area (Å²) in [5.41, 5.74) is -0.458. The predicted octanol–water partition coefficient (Wildman–Crippen LogP) is 1.94. The lowest BCUT2D eigenvalue weighted by Gasteiger charge is -2.41. The average Bonchev–Trinajstić information content (AvgIpc) is 2.61. The van der Waals surface area contributed by atoms with Crippen molar-refractivity contribution in [3.05, 3.63) is 0 Å². The van der Waals surface area contributed by atoms with Gasteiger partial charge >= 0.3 is 6.09 Å². The highest BCUT2D eigenvalue weighted by Gasteiger charge is 2.37. The Morgan fingerprint density at radius 3 is 2.45 bits per heavy atom. The van der Waals surface area contributed by atoms with Crippen molar-refractivity contribution in [1.29, 1.82) is 0 Å². The molecule has 0 saturated carbocycles. The maximum absolute atomic E-state index is 11.8. The minimum atomic E-state index is -0.458. The van der Waals surface area contributed by atoms with E-state index in [1.165, 1.54) is 0 Å². The number of alkyl halides is 1. The van der Waals surface area contributed by atoms with Crippen molar-refractivity contribution >= 4 is 23.6 Å². The van der Waals surface area contributed by atoms with Crippen molar-refractivity contribution in [2.24, 2.45) is 11.8 Å². The van der Waals surface area contributed by atoms with Gasteiger partial charge in [-0.1, -0.05) is 0 Å². The molecular formula is C14H23ClN2O3. The van der Waals surface area contributed by atoms with Crippen LogP contribution in [0.2, 0.25) is 0 Å². The van der Waals surface area contributed by atoms with Crippen LogP contribution in [-0.2, 0) is 9.53 Å². The molecule has 0 bridgehead atoms. The van der Waals surface area contributed by atoms with E-state index in [2.05, 4.69) is 0 Å². The summed E-state index contributed by atoms with van der Waals surface area (Å²) in [7, 11) is 0. The third-order valence-corrected chi connectivity index (χ3v) is 4.04. The second-order valence-electron chi connectivity index (χ2n) is 6.77. The number of ether oxygens (including phenoxy) is 1. The Hall–Kier alpha value is -0.970. The lowest BCUT2D eigenvalue weighted by atomic mass is 10.0. The summed E-state index contributed by atoms with van der Waals surface area (Å²) in [6, 6.07) is 0. The molecule has 20 heavy (non-hydrogen) atoms. The van der Waals surface area contributed by atoms with Crippen LogP contribution in [0, 0.1) is 11.8 Å². The van der Waals surface area contributed by atoms with Crippen LogP contribution in [-0.4, -0.2) is 59.5 Å². The zero-order valence-electron chi connectivity index (χ0n) is 12.4. The van der Waals surface area contributed by atoms with Crippen LogP contribution >= 0.6 is 11.6 Å². The third-order valence-electron chi connectivity index (χ3n) is 3.60. The first kappa shape index (κ1) is 15.4. The molecule has 0 aromatic heterocycles. The van der Waals surface area contributed by atoms with E-state index >= 15 is 0 Å². The standard InChI is InChI=1S/C14H23ClN2O3/c1-14(2,3)20-13(19)17-8-11(9-17)7-16-6-10(5-15)4-12(16)18/h10-11H,4-9H2,1-3H3. The van der Waals surface area contributed by atoms with Gasteiger partial charge in [-0.25, -0.2) is 4.79 Å². The second-order valence-corrected chi connectivity index (χ2v) is 7.08. The number of halogens is 1. The quantitative estimate of drug-likeness (QED) is 0.749. The Kier molecular flexibility index (Phi) is 4.47. The number of carbonyl (C=O) groups is 2. The van der Waals surface area contributed by atoms with Crippen molar-refractivity contribution in [3.8, 4) is 0 Å². The molecule has 2 aliphatic rings. The maximum atomic E-state index is 11.8. The normalized spacial score (nSPS) is 24.0. The zero-order chi connectivity index (χ0) is 14.9. The van der Waals surface area contributed by atoms with Crippen LogP contribution < -0.4 is 0 Å². The SMILES string of the molecule is CC(C)(C)OC(=O)N1CC(CN2CC(CCl)CC2=O)C1. The lowest BCUT2D eigenvalue weighted by molar-refractivity contribution is -0.128. The predicted molar refractivity (Wildman–Crippen MR) is 76.7 cm³/mol. The number of nitrogens with zero attached hydrogens (tertiary/aromatic N) is 2. The monoisotopic (exact) mass is 302 g/mol. The summed E-state index contributed by atoms with van der Waals surface area (Å²) in [5.74, 6) is 1.37. The molecule has 2 amide bonds. The van der Waals surface area contributed by atoms with Crippen molar-refractivity contribution in [2.45, 2.75) is 32.8 Å². The fourth-order valence-electron chi connectivity index (χ4n) is 2.61. The zero-order valence-corrected chi connectivity index (χ0v) is 13.2. The molecule has 2 rings (SSSR count). The largest absolute Gasteiger partial charge is 0.444 e. The van der Waals surface area contributed by atoms with E-state index in [-0.39, 0.29) is 17.9 Å². The van der Waals surface area contributed by atoms with Gasteiger partial charge in [0, 0.05) is 44.4 Å². The van der Waals surface area contributed by atoms with Gasteiger partial charge in [-0.2, -0.15) is 0 Å². The van der Waals surface area contributed by atoms with Gasteiger partial charge in [0.15, 0.2) is 0 Å². The second kappa shape index (κ2) is 5.80. The first-order chi connectivity index (χ1) is 9.28. The molecule has 6 heteroatoms. The maximum Gasteiger partial charge on any atom is 0.410 e. The van der Waals surface area contributed by atoms with Gasteiger partial charge in [-0.15, -0.1) is 11.6 Å². The Morgan fingerprint density at radius 1 is 1.30 bits per heavy atom. The topological polar surface area (TPSA) is 49.9 Å². The molecule has 114 valence electrons. The number of likely N-dealkylation sites (tertiary alicyclic amines) is 2. The van der Waals surface area contributed by atoms with Gasteiger partial charge in [0.1, 0.15) is 5.60 Å². The summed E-state index contributed by atoms with van der Waals surface area (Å²) < 4.78 is 5.30. The van der Waals surface area contributed by atoms with Gasteiger partial charge in [0.25, 0.3) is 0 Å². The smallest absolute Gasteiger partial charge is 0.410 e. The highest BCUT2D eigenvalue weighted by Crippen LogP contribution is 2.24. The van der Waals surface area contributed by atoms with Crippen LogP contribution in [0.15, 0.2) is 0 Å². The van der Waals surface area contributed by atoms with E-state index in [0.29, 0.717) is 31.3 Å². The van der Waals surface area contributed by atoms with Gasteiger partial charge in [-0.05, 0) is 26.7 Å². The van der Waals surface area contributed by atoms with Crippen LogP contribution in [0.5, 0.6) is 0 Å². The van der Waals surface area contributed by atoms with Gasteiger partial charge in [0.05, 0.1) is 0 Å². The van der Waals surface area contributed by atoms with Crippen molar-refractivity contribution in [1.82, 2.24) is 9.80 Å². The Morgan fingerprint density at radius 2 is 1.95 bits per heavy atom. The summed E-state index contributed by atoms with van der Waals surface area (Å²) >= 11 is 5.80. The number of hydrogen-bond acceptors (Lipinski definition) is 3. The van der Waals surface area contributed by atoms with E-state index in [0.717, 1.165) is 13.1 Å². The fraction of sp³-hybridized carbons (Fsp3) is 0.857. The Bertz CT molecular complexity index is 388. The average molecular weight is 303 g/mol. The molecule has 0 aromatic carbocycles. The molecule has 2 heterocycles. The van der Waals surface area contributed by atoms with E-state index < -0.39 is 5.60 Å². The number of rotatable bonds is 3. The van der Waals surface area contributed by atoms with E-state index in [1.807, 2.05) is 25.7 Å². The minimum Gasteiger partial charge on any atom is -0.444 e. The van der Waals surface area contributed by atoms with Crippen LogP contribution in [0.1, 0.15) is 27.2 Å². The summed E-state index contributed by atoms with van der Waals surface area (Å²) in [6.07, 6.45) is 0.298. The molecule has 0 aromatic rings. The van der Waals surface area contributed by atoms with Crippen LogP contribution in [0.25, 0.3) is 0 Å². The Labute approximate surface area is 125 Å². The number of hydrogen-bond donors (Lipinski definition) is 0. The van der Waals surface area contributed by atoms with Gasteiger partial charge < -0.3 is 14.5 Å². The number of carbonyl (C=O) groups excluding carboxylic acids is 2. The van der Waals surface area contributed by atoms with E-state index in [1.54, 1.807) is 4.90 Å². The van der Waals surface area contributed by atoms with E-state index in [4.69, 9.17) is 16.3 Å². The first-order valence-corrected chi connectivity index (χ1v) is 7.63. The van der Waals surface area contributed by atoms with Crippen molar-refractivity contribution < 1.29 is 14.3 Å². The number of amides is 2. The fourth-order valence-corrected chi connectivity index (χ4v) is 2.81. The Balaban J connectivity index is 1.72. The highest BCUT2D eigenvalue weighted by atomic mass is 35.5. The van der Waals surface area contributed by atoms with Gasteiger partial charge in [-0.3, -0.25) is 4.79 Å². The molecule has 0 aliphatic carbocycles. The van der Waals surface area contributed by atoms with Crippen molar-refractivity contribution in [2.75, 3.05) is 32.1 Å². The molecule has 1 atom stereocenters. The summed E-state index contributed by atoms with van der Waals surface area (Å²) in [4.78, 5) is 27.1. The molecule has 0 radical (unpaired) electrons. The molecular weight excluding hydrogens is 280 g/mol. The highest BCUT2D eigenvalue weighted by molar-refractivity contribution is 6.18. The third kappa shape index (κ3) is 3.78. The van der Waals surface area contributed by atoms with Crippen LogP contribution in [0.4, 0.5) is 4.79 Å². The van der Waals surface area contributed by atoms with Gasteiger partial charge in [0.2, 0.25) is 5.91 Å². The molecule has 5 nitrogen and oxygen atoms in total. The summed E-state index contributed by atoms with van der Waals surface area (Å²) in [5, 5.41) is 0. The first-order valence-electron chi connectivity index (χ1n) is 7.10. The molecule has 1 unspecified atom stereocenters. The minimum absolute atomic E-state index is 0.186. The van der Waals surface area contributed by atoms with Crippen LogP contribution in [0.3, 0.4) is 0 Å². The van der Waals surface area contributed by atoms with E-state index in [9.17, 15) is 9.59 Å². The lowest BCUT2D eigenvalue weighted by Crippen LogP contribution is -2.55. The summed E-state index contributed by atoms with van der Waals surface area (Å²) in [6.45, 7) is 8.40. The van der Waals surface area contributed by atoms with Crippen molar-refractivity contribution in [3.63, 3.8) is 0 Å². The molecule has 2 saturated heterocycles. The molecule has 2 aliphatic heterocycles.